The Labute approximate surface area is 137 Å². The lowest BCUT2D eigenvalue weighted by Crippen LogP contribution is -2.01. The number of anilines is 1. The number of fused-ring (bicyclic) bond motifs is 2. The Morgan fingerprint density at radius 1 is 1.17 bits per heavy atom. The highest BCUT2D eigenvalue weighted by atomic mass is 16.7. The van der Waals surface area contributed by atoms with Gasteiger partial charge < -0.3 is 14.8 Å². The van der Waals surface area contributed by atoms with E-state index in [2.05, 4.69) is 10.3 Å². The lowest BCUT2D eigenvalue weighted by molar-refractivity contribution is -0.383. The van der Waals surface area contributed by atoms with Gasteiger partial charge in [0.05, 0.1) is 16.0 Å². The minimum absolute atomic E-state index is 0.0479. The van der Waals surface area contributed by atoms with Crippen LogP contribution in [0.4, 0.5) is 11.4 Å². The molecule has 0 radical (unpaired) electrons. The van der Waals surface area contributed by atoms with E-state index in [-0.39, 0.29) is 12.5 Å². The van der Waals surface area contributed by atoms with E-state index in [1.165, 1.54) is 6.07 Å². The zero-order chi connectivity index (χ0) is 16.5. The molecule has 0 saturated carbocycles. The Hall–Kier alpha value is -3.35. The lowest BCUT2D eigenvalue weighted by Gasteiger charge is -2.10. The summed E-state index contributed by atoms with van der Waals surface area (Å²) in [5, 5.41) is 14.9. The molecule has 0 spiro atoms. The van der Waals surface area contributed by atoms with Crippen molar-refractivity contribution in [2.75, 3.05) is 12.1 Å². The Morgan fingerprint density at radius 2 is 2.04 bits per heavy atom. The molecule has 0 aliphatic carbocycles. The highest BCUT2D eigenvalue weighted by molar-refractivity contribution is 5.96. The molecular formula is C17H13N3O4. The van der Waals surface area contributed by atoms with Crippen LogP contribution < -0.4 is 14.8 Å². The van der Waals surface area contributed by atoms with E-state index in [1.54, 1.807) is 24.4 Å². The second-order valence-electron chi connectivity index (χ2n) is 5.33. The molecule has 0 bridgehead atoms. The molecule has 24 heavy (non-hydrogen) atoms. The average molecular weight is 323 g/mol. The maximum Gasteiger partial charge on any atom is 0.278 e. The van der Waals surface area contributed by atoms with Crippen molar-refractivity contribution in [2.24, 2.45) is 0 Å². The summed E-state index contributed by atoms with van der Waals surface area (Å²) in [7, 11) is 0. The molecule has 0 fully saturated rings. The summed E-state index contributed by atoms with van der Waals surface area (Å²) >= 11 is 0. The van der Waals surface area contributed by atoms with Crippen molar-refractivity contribution in [3.05, 3.63) is 64.3 Å². The van der Waals surface area contributed by atoms with Crippen LogP contribution in [0.25, 0.3) is 10.9 Å². The first-order valence-corrected chi connectivity index (χ1v) is 7.37. The van der Waals surface area contributed by atoms with E-state index in [0.717, 1.165) is 22.7 Å². The summed E-state index contributed by atoms with van der Waals surface area (Å²) < 4.78 is 10.7. The third-order valence-corrected chi connectivity index (χ3v) is 3.86. The van der Waals surface area contributed by atoms with Gasteiger partial charge in [0, 0.05) is 18.8 Å². The third-order valence-electron chi connectivity index (χ3n) is 3.86. The molecule has 1 aliphatic rings. The Kier molecular flexibility index (Phi) is 3.38. The van der Waals surface area contributed by atoms with E-state index in [4.69, 9.17) is 9.47 Å². The fourth-order valence-electron chi connectivity index (χ4n) is 2.71. The summed E-state index contributed by atoms with van der Waals surface area (Å²) in [4.78, 5) is 15.0. The molecule has 2 aromatic carbocycles. The molecule has 7 nitrogen and oxygen atoms in total. The van der Waals surface area contributed by atoms with Crippen LogP contribution >= 0.6 is 0 Å². The minimum atomic E-state index is -0.397. The number of aromatic nitrogens is 1. The van der Waals surface area contributed by atoms with Gasteiger partial charge in [-0.2, -0.15) is 0 Å². The van der Waals surface area contributed by atoms with Crippen LogP contribution in [0.5, 0.6) is 11.5 Å². The maximum absolute atomic E-state index is 11.1. The number of nitrogens with zero attached hydrogens (tertiary/aromatic N) is 2. The molecule has 1 aromatic heterocycles. The van der Waals surface area contributed by atoms with Gasteiger partial charge in [0.15, 0.2) is 11.5 Å². The summed E-state index contributed by atoms with van der Waals surface area (Å²) in [5.74, 6) is 1.46. The molecule has 1 aliphatic heterocycles. The number of hydrogen-bond donors (Lipinski definition) is 1. The maximum atomic E-state index is 11.1. The number of hydrogen-bond acceptors (Lipinski definition) is 6. The van der Waals surface area contributed by atoms with E-state index in [9.17, 15) is 10.1 Å². The Bertz CT molecular complexity index is 942. The van der Waals surface area contributed by atoms with Gasteiger partial charge in [0.1, 0.15) is 5.52 Å². The van der Waals surface area contributed by atoms with Gasteiger partial charge >= 0.3 is 0 Å². The van der Waals surface area contributed by atoms with Crippen LogP contribution in [-0.2, 0) is 6.54 Å². The zero-order valence-corrected chi connectivity index (χ0v) is 12.6. The minimum Gasteiger partial charge on any atom is -0.454 e. The van der Waals surface area contributed by atoms with Crippen LogP contribution in [0.15, 0.2) is 48.7 Å². The smallest absolute Gasteiger partial charge is 0.278 e. The number of benzene rings is 2. The zero-order valence-electron chi connectivity index (χ0n) is 12.6. The van der Waals surface area contributed by atoms with E-state index in [1.807, 2.05) is 18.2 Å². The molecule has 7 heteroatoms. The fourth-order valence-corrected chi connectivity index (χ4v) is 2.71. The molecule has 4 rings (SSSR count). The third kappa shape index (κ3) is 2.45. The van der Waals surface area contributed by atoms with Gasteiger partial charge in [-0.1, -0.05) is 6.07 Å². The van der Waals surface area contributed by atoms with Crippen molar-refractivity contribution in [3.63, 3.8) is 0 Å². The predicted octanol–water partition coefficient (Wildman–Crippen LogP) is 3.48. The molecule has 3 aromatic rings. The van der Waals surface area contributed by atoms with Gasteiger partial charge in [-0.05, 0) is 35.9 Å². The van der Waals surface area contributed by atoms with Crippen molar-refractivity contribution in [2.45, 2.75) is 6.54 Å². The second kappa shape index (κ2) is 5.69. The van der Waals surface area contributed by atoms with E-state index in [0.29, 0.717) is 17.4 Å². The van der Waals surface area contributed by atoms with Crippen LogP contribution in [0.3, 0.4) is 0 Å². The van der Waals surface area contributed by atoms with Gasteiger partial charge in [0.25, 0.3) is 5.69 Å². The summed E-state index contributed by atoms with van der Waals surface area (Å²) in [6, 6.07) is 12.3. The molecule has 0 saturated heterocycles. The first-order valence-electron chi connectivity index (χ1n) is 7.37. The number of nitro groups is 1. The molecule has 0 atom stereocenters. The first-order chi connectivity index (χ1) is 11.7. The number of non-ortho nitro benzene ring substituents is 1. The molecule has 0 unspecified atom stereocenters. The molecular weight excluding hydrogens is 310 g/mol. The lowest BCUT2D eigenvalue weighted by atomic mass is 10.1. The molecule has 0 amide bonds. The van der Waals surface area contributed by atoms with Crippen LogP contribution in [0, 0.1) is 10.1 Å². The quantitative estimate of drug-likeness (QED) is 0.584. The Balaban J connectivity index is 1.63. The van der Waals surface area contributed by atoms with Crippen molar-refractivity contribution in [1.82, 2.24) is 4.98 Å². The Morgan fingerprint density at radius 3 is 2.92 bits per heavy atom. The van der Waals surface area contributed by atoms with Crippen LogP contribution in [0.1, 0.15) is 5.56 Å². The van der Waals surface area contributed by atoms with Crippen molar-refractivity contribution < 1.29 is 14.4 Å². The van der Waals surface area contributed by atoms with Gasteiger partial charge in [-0.25, -0.2) is 0 Å². The largest absolute Gasteiger partial charge is 0.454 e. The number of rotatable bonds is 4. The second-order valence-corrected chi connectivity index (χ2v) is 5.33. The summed E-state index contributed by atoms with van der Waals surface area (Å²) in [6.07, 6.45) is 1.62. The number of nitrogens with one attached hydrogen (secondary N) is 1. The average Bonchev–Trinajstić information content (AvgIpc) is 3.07. The number of ether oxygens (including phenoxy) is 2. The molecule has 120 valence electrons. The van der Waals surface area contributed by atoms with Crippen molar-refractivity contribution in [3.8, 4) is 11.5 Å². The van der Waals surface area contributed by atoms with Crippen LogP contribution in [-0.4, -0.2) is 16.7 Å². The van der Waals surface area contributed by atoms with E-state index >= 15 is 0 Å². The van der Waals surface area contributed by atoms with Gasteiger partial charge in [-0.3, -0.25) is 15.1 Å². The van der Waals surface area contributed by atoms with E-state index < -0.39 is 4.92 Å². The van der Waals surface area contributed by atoms with Crippen LogP contribution in [0.2, 0.25) is 0 Å². The molecule has 1 N–H and O–H groups in total. The topological polar surface area (TPSA) is 86.5 Å². The summed E-state index contributed by atoms with van der Waals surface area (Å²) in [5.41, 5.74) is 2.38. The van der Waals surface area contributed by atoms with Crippen molar-refractivity contribution in [1.29, 1.82) is 0 Å². The predicted molar refractivity (Wildman–Crippen MR) is 88.3 cm³/mol. The summed E-state index contributed by atoms with van der Waals surface area (Å²) in [6.45, 7) is 0.781. The van der Waals surface area contributed by atoms with Gasteiger partial charge in [0.2, 0.25) is 6.79 Å². The highest BCUT2D eigenvalue weighted by Gasteiger charge is 2.16. The number of pyridine rings is 1. The first kappa shape index (κ1) is 14.3. The monoisotopic (exact) mass is 323 g/mol. The fraction of sp³-hybridized carbons (Fsp3) is 0.118. The molecule has 2 heterocycles. The number of nitro benzene ring substituents is 1. The standard InChI is InChI=1S/C17H13N3O4/c21-20(22)14-5-4-13(17-12(14)2-1-7-18-17)19-9-11-3-6-15-16(8-11)24-10-23-15/h1-8,19H,9-10H2. The van der Waals surface area contributed by atoms with Gasteiger partial charge in [-0.15, -0.1) is 0 Å². The normalized spacial score (nSPS) is 12.3. The van der Waals surface area contributed by atoms with Crippen molar-refractivity contribution >= 4 is 22.3 Å². The SMILES string of the molecule is O=[N+]([O-])c1ccc(NCc2ccc3c(c2)OCO3)c2ncccc12. The highest BCUT2D eigenvalue weighted by Crippen LogP contribution is 2.33.